The smallest absolute Gasteiger partial charge is 0.245 e. The van der Waals surface area contributed by atoms with Gasteiger partial charge in [-0.2, -0.15) is 0 Å². The van der Waals surface area contributed by atoms with E-state index in [1.165, 1.54) is 0 Å². The minimum absolute atomic E-state index is 0.0146. The van der Waals surface area contributed by atoms with E-state index >= 15 is 0 Å². The summed E-state index contributed by atoms with van der Waals surface area (Å²) in [6.45, 7) is 6.33. The highest BCUT2D eigenvalue weighted by molar-refractivity contribution is 5.99. The van der Waals surface area contributed by atoms with Gasteiger partial charge < -0.3 is 25.4 Å². The Morgan fingerprint density at radius 2 is 2.07 bits per heavy atom. The zero-order valence-corrected chi connectivity index (χ0v) is 17.9. The summed E-state index contributed by atoms with van der Waals surface area (Å²) in [6.07, 6.45) is 3.45. The largest absolute Gasteiger partial charge is 0.394 e. The van der Waals surface area contributed by atoms with Gasteiger partial charge in [-0.3, -0.25) is 14.4 Å². The molecule has 0 aromatic heterocycles. The number of amides is 3. The van der Waals surface area contributed by atoms with E-state index in [0.717, 1.165) is 19.3 Å². The Kier molecular flexibility index (Phi) is 6.53. The van der Waals surface area contributed by atoms with Gasteiger partial charge in [0.05, 0.1) is 30.6 Å². The van der Waals surface area contributed by atoms with Crippen LogP contribution in [0.5, 0.6) is 0 Å². The van der Waals surface area contributed by atoms with E-state index in [4.69, 9.17) is 4.74 Å². The standard InChI is InChI=1S/C21H35N3O5/c1-5-7-10-23-19(27)17-21-9-8-14(29-21)15(18(26)22-4)16(21)20(28)24(17)13(11-25)12(3)6-2/h12-17,25H,5-11H2,1-4H3,(H,22,26)(H,23,27)/t12-,13-,14-,15+,16-,17?,21?/m0/s1. The third-order valence-corrected chi connectivity index (χ3v) is 7.21. The van der Waals surface area contributed by atoms with E-state index in [0.29, 0.717) is 19.4 Å². The molecule has 0 aromatic carbocycles. The summed E-state index contributed by atoms with van der Waals surface area (Å²) in [5.41, 5.74) is -0.990. The van der Waals surface area contributed by atoms with Crippen molar-refractivity contribution in [1.29, 1.82) is 0 Å². The molecule has 3 aliphatic rings. The van der Waals surface area contributed by atoms with Crippen molar-refractivity contribution in [3.63, 3.8) is 0 Å². The molecule has 29 heavy (non-hydrogen) atoms. The number of aliphatic hydroxyl groups is 1. The number of unbranched alkanes of at least 4 members (excludes halogenated alkanes) is 1. The van der Waals surface area contributed by atoms with Crippen LogP contribution in [-0.2, 0) is 19.1 Å². The molecule has 2 unspecified atom stereocenters. The second-order valence-corrected chi connectivity index (χ2v) is 8.70. The summed E-state index contributed by atoms with van der Waals surface area (Å²) in [7, 11) is 1.56. The maximum Gasteiger partial charge on any atom is 0.245 e. The second-order valence-electron chi connectivity index (χ2n) is 8.70. The van der Waals surface area contributed by atoms with Gasteiger partial charge in [0.1, 0.15) is 11.6 Å². The minimum atomic E-state index is -0.990. The zero-order chi connectivity index (χ0) is 21.3. The van der Waals surface area contributed by atoms with Crippen molar-refractivity contribution >= 4 is 17.7 Å². The molecule has 3 aliphatic heterocycles. The average Bonchev–Trinajstić information content (AvgIpc) is 3.36. The SMILES string of the molecule is CCCCNC(=O)C1N([C@@H](CO)[C@@H](C)CC)C(=O)[C@@H]2[C@H](C(=O)NC)[C@@H]3CCC12O3. The number of rotatable bonds is 9. The normalized spacial score (nSPS) is 34.8. The van der Waals surface area contributed by atoms with Crippen LogP contribution in [0.4, 0.5) is 0 Å². The lowest BCUT2D eigenvalue weighted by Gasteiger charge is -2.38. The van der Waals surface area contributed by atoms with Gasteiger partial charge in [0, 0.05) is 13.6 Å². The molecule has 0 saturated carbocycles. The summed E-state index contributed by atoms with van der Waals surface area (Å²) >= 11 is 0. The minimum Gasteiger partial charge on any atom is -0.394 e. The van der Waals surface area contributed by atoms with Gasteiger partial charge >= 0.3 is 0 Å². The molecule has 8 heteroatoms. The molecule has 3 fully saturated rings. The summed E-state index contributed by atoms with van der Waals surface area (Å²) < 4.78 is 6.30. The van der Waals surface area contributed by atoms with Gasteiger partial charge in [0.15, 0.2) is 0 Å². The van der Waals surface area contributed by atoms with Crippen LogP contribution in [0.2, 0.25) is 0 Å². The van der Waals surface area contributed by atoms with E-state index in [-0.39, 0.29) is 36.4 Å². The molecule has 3 N–H and O–H groups in total. The van der Waals surface area contributed by atoms with Crippen LogP contribution in [0.3, 0.4) is 0 Å². The highest BCUT2D eigenvalue weighted by Crippen LogP contribution is 2.59. The number of ether oxygens (including phenoxy) is 1. The van der Waals surface area contributed by atoms with E-state index in [1.54, 1.807) is 11.9 Å². The van der Waals surface area contributed by atoms with Crippen molar-refractivity contribution < 1.29 is 24.2 Å². The number of likely N-dealkylation sites (tertiary alicyclic amines) is 1. The Bertz CT molecular complexity index is 656. The monoisotopic (exact) mass is 409 g/mol. The average molecular weight is 410 g/mol. The van der Waals surface area contributed by atoms with E-state index in [9.17, 15) is 19.5 Å². The lowest BCUT2D eigenvalue weighted by Crippen LogP contribution is -2.59. The van der Waals surface area contributed by atoms with Gasteiger partial charge in [0.25, 0.3) is 0 Å². The van der Waals surface area contributed by atoms with Crippen molar-refractivity contribution in [3.8, 4) is 0 Å². The fraction of sp³-hybridized carbons (Fsp3) is 0.857. The molecule has 3 rings (SSSR count). The second kappa shape index (κ2) is 8.60. The fourth-order valence-electron chi connectivity index (χ4n) is 5.51. The quantitative estimate of drug-likeness (QED) is 0.479. The molecule has 3 heterocycles. The lowest BCUT2D eigenvalue weighted by molar-refractivity contribution is -0.147. The number of carbonyl (C=O) groups is 3. The van der Waals surface area contributed by atoms with Crippen LogP contribution in [0, 0.1) is 17.8 Å². The first-order valence-corrected chi connectivity index (χ1v) is 11.0. The summed E-state index contributed by atoms with van der Waals surface area (Å²) in [6, 6.07) is -1.30. The topological polar surface area (TPSA) is 108 Å². The molecular weight excluding hydrogens is 374 g/mol. The molecule has 3 saturated heterocycles. The lowest BCUT2D eigenvalue weighted by atomic mass is 9.70. The predicted octanol–water partition coefficient (Wildman–Crippen LogP) is 0.430. The molecule has 8 nitrogen and oxygen atoms in total. The Morgan fingerprint density at radius 1 is 1.34 bits per heavy atom. The van der Waals surface area contributed by atoms with Crippen molar-refractivity contribution in [2.24, 2.45) is 17.8 Å². The molecule has 0 aliphatic carbocycles. The number of aliphatic hydroxyl groups excluding tert-OH is 1. The first kappa shape index (κ1) is 22.0. The fourth-order valence-corrected chi connectivity index (χ4v) is 5.51. The highest BCUT2D eigenvalue weighted by atomic mass is 16.5. The van der Waals surface area contributed by atoms with Gasteiger partial charge in [-0.05, 0) is 25.2 Å². The molecule has 164 valence electrons. The highest BCUT2D eigenvalue weighted by Gasteiger charge is 2.75. The van der Waals surface area contributed by atoms with Crippen molar-refractivity contribution in [2.75, 3.05) is 20.2 Å². The molecule has 3 amide bonds. The van der Waals surface area contributed by atoms with Gasteiger partial charge in [-0.25, -0.2) is 0 Å². The maximum atomic E-state index is 13.6. The van der Waals surface area contributed by atoms with Gasteiger partial charge in [-0.15, -0.1) is 0 Å². The van der Waals surface area contributed by atoms with Crippen LogP contribution in [-0.4, -0.2) is 71.7 Å². The Hall–Kier alpha value is -1.67. The number of nitrogens with one attached hydrogen (secondary N) is 2. The molecule has 1 spiro atoms. The molecule has 0 aromatic rings. The van der Waals surface area contributed by atoms with Gasteiger partial charge in [-0.1, -0.05) is 33.6 Å². The van der Waals surface area contributed by atoms with E-state index in [1.807, 2.05) is 20.8 Å². The molecule has 7 atom stereocenters. The number of fused-ring (bicyclic) bond motifs is 1. The summed E-state index contributed by atoms with van der Waals surface area (Å²) in [4.78, 5) is 41.1. The Balaban J connectivity index is 2.02. The maximum absolute atomic E-state index is 13.6. The van der Waals surface area contributed by atoms with Crippen LogP contribution < -0.4 is 10.6 Å². The van der Waals surface area contributed by atoms with Crippen LogP contribution in [0.25, 0.3) is 0 Å². The van der Waals surface area contributed by atoms with Crippen LogP contribution in [0.15, 0.2) is 0 Å². The predicted molar refractivity (Wildman–Crippen MR) is 107 cm³/mol. The first-order chi connectivity index (χ1) is 13.9. The third-order valence-electron chi connectivity index (χ3n) is 7.21. The number of nitrogens with zero attached hydrogens (tertiary/aromatic N) is 1. The van der Waals surface area contributed by atoms with Gasteiger partial charge in [0.2, 0.25) is 17.7 Å². The molecule has 0 radical (unpaired) electrons. The van der Waals surface area contributed by atoms with Crippen LogP contribution >= 0.6 is 0 Å². The van der Waals surface area contributed by atoms with Crippen LogP contribution in [0.1, 0.15) is 52.9 Å². The summed E-state index contributed by atoms with van der Waals surface area (Å²) in [5.74, 6) is -1.95. The Labute approximate surface area is 172 Å². The first-order valence-electron chi connectivity index (χ1n) is 11.0. The van der Waals surface area contributed by atoms with Crippen molar-refractivity contribution in [2.45, 2.75) is 76.7 Å². The van der Waals surface area contributed by atoms with E-state index in [2.05, 4.69) is 10.6 Å². The molecular formula is C21H35N3O5. The zero-order valence-electron chi connectivity index (χ0n) is 17.9. The Morgan fingerprint density at radius 3 is 2.66 bits per heavy atom. The number of hydrogen-bond acceptors (Lipinski definition) is 5. The number of hydrogen-bond donors (Lipinski definition) is 3. The molecule has 2 bridgehead atoms. The van der Waals surface area contributed by atoms with E-state index < -0.39 is 29.5 Å². The summed E-state index contributed by atoms with van der Waals surface area (Å²) in [5, 5.41) is 15.8. The van der Waals surface area contributed by atoms with Crippen molar-refractivity contribution in [3.05, 3.63) is 0 Å². The van der Waals surface area contributed by atoms with Crippen molar-refractivity contribution in [1.82, 2.24) is 15.5 Å². The third kappa shape index (κ3) is 3.34. The number of carbonyl (C=O) groups excluding carboxylic acids is 3.